The number of hydrogen-bond donors (Lipinski definition) is 0. The first kappa shape index (κ1) is 16.5. The molecule has 1 aromatic carbocycles. The second-order valence-corrected chi connectivity index (χ2v) is 6.51. The first-order valence-corrected chi connectivity index (χ1v) is 8.97. The van der Waals surface area contributed by atoms with E-state index in [1.54, 1.807) is 6.20 Å². The first-order chi connectivity index (χ1) is 12.7. The van der Waals surface area contributed by atoms with Crippen molar-refractivity contribution in [3.05, 3.63) is 54.0 Å². The summed E-state index contributed by atoms with van der Waals surface area (Å²) >= 11 is 0. The van der Waals surface area contributed by atoms with Gasteiger partial charge < -0.3 is 4.90 Å². The largest absolute Gasteiger partial charge is 0.333 e. The molecular formula is C19H22N6O. The van der Waals surface area contributed by atoms with E-state index in [9.17, 15) is 4.79 Å². The van der Waals surface area contributed by atoms with Crippen LogP contribution in [0.2, 0.25) is 0 Å². The fourth-order valence-corrected chi connectivity index (χ4v) is 3.51. The first-order valence-electron chi connectivity index (χ1n) is 8.97. The Morgan fingerprint density at radius 3 is 2.73 bits per heavy atom. The third-order valence-corrected chi connectivity index (χ3v) is 4.91. The minimum Gasteiger partial charge on any atom is -0.333 e. The van der Waals surface area contributed by atoms with Crippen LogP contribution in [0, 0.1) is 0 Å². The van der Waals surface area contributed by atoms with E-state index in [4.69, 9.17) is 0 Å². The summed E-state index contributed by atoms with van der Waals surface area (Å²) in [4.78, 5) is 14.8. The lowest BCUT2D eigenvalue weighted by atomic mass is 10.1. The predicted molar refractivity (Wildman–Crippen MR) is 97.2 cm³/mol. The molecular weight excluding hydrogens is 328 g/mol. The van der Waals surface area contributed by atoms with Crippen molar-refractivity contribution >= 4 is 5.91 Å². The molecule has 2 aromatic heterocycles. The van der Waals surface area contributed by atoms with E-state index in [-0.39, 0.29) is 11.9 Å². The summed E-state index contributed by atoms with van der Waals surface area (Å²) in [5.41, 5.74) is 2.12. The van der Waals surface area contributed by atoms with Gasteiger partial charge in [0.1, 0.15) is 11.7 Å². The average molecular weight is 350 g/mol. The molecule has 0 radical (unpaired) electrons. The van der Waals surface area contributed by atoms with Crippen LogP contribution < -0.4 is 0 Å². The van der Waals surface area contributed by atoms with Crippen molar-refractivity contribution in [2.45, 2.75) is 39.4 Å². The highest BCUT2D eigenvalue weighted by Crippen LogP contribution is 2.28. The minimum absolute atomic E-state index is 0.108. The van der Waals surface area contributed by atoms with Gasteiger partial charge in [-0.05, 0) is 31.9 Å². The normalized spacial score (nSPS) is 16.8. The molecule has 26 heavy (non-hydrogen) atoms. The van der Waals surface area contributed by atoms with Crippen molar-refractivity contribution in [3.8, 4) is 11.5 Å². The number of carbonyl (C=O) groups is 1. The number of benzene rings is 1. The van der Waals surface area contributed by atoms with Crippen molar-refractivity contribution in [3.63, 3.8) is 0 Å². The summed E-state index contributed by atoms with van der Waals surface area (Å²) in [5.74, 6) is 1.64. The summed E-state index contributed by atoms with van der Waals surface area (Å²) in [7, 11) is 0. The molecule has 0 saturated heterocycles. The van der Waals surface area contributed by atoms with Crippen LogP contribution in [-0.2, 0) is 24.3 Å². The van der Waals surface area contributed by atoms with E-state index >= 15 is 0 Å². The van der Waals surface area contributed by atoms with E-state index in [1.807, 2.05) is 52.3 Å². The van der Waals surface area contributed by atoms with Gasteiger partial charge in [-0.15, -0.1) is 10.2 Å². The smallest absolute Gasteiger partial charge is 0.245 e. The van der Waals surface area contributed by atoms with Crippen LogP contribution >= 0.6 is 0 Å². The molecule has 1 aliphatic rings. The second kappa shape index (κ2) is 6.74. The van der Waals surface area contributed by atoms with Gasteiger partial charge >= 0.3 is 0 Å². The van der Waals surface area contributed by atoms with Gasteiger partial charge in [0.05, 0.1) is 6.54 Å². The zero-order chi connectivity index (χ0) is 18.1. The number of rotatable bonds is 5. The van der Waals surface area contributed by atoms with Crippen molar-refractivity contribution in [1.82, 2.24) is 29.4 Å². The van der Waals surface area contributed by atoms with Crippen LogP contribution in [0.25, 0.3) is 11.5 Å². The highest BCUT2D eigenvalue weighted by atomic mass is 16.2. The molecule has 134 valence electrons. The van der Waals surface area contributed by atoms with Gasteiger partial charge in [-0.1, -0.05) is 30.3 Å². The van der Waals surface area contributed by atoms with Gasteiger partial charge in [0, 0.05) is 19.3 Å². The molecule has 3 aromatic rings. The molecule has 0 N–H and O–H groups in total. The SMILES string of the molecule is CCn1nccc1-c1nnc2n1[C@H](C)C(=O)N(CCc1ccccc1)C2. The number of fused-ring (bicyclic) bond motifs is 1. The van der Waals surface area contributed by atoms with E-state index in [0.717, 1.165) is 24.5 Å². The third-order valence-electron chi connectivity index (χ3n) is 4.91. The summed E-state index contributed by atoms with van der Waals surface area (Å²) in [5, 5.41) is 13.0. The molecule has 0 unspecified atom stereocenters. The molecule has 0 fully saturated rings. The highest BCUT2D eigenvalue weighted by molar-refractivity contribution is 5.82. The van der Waals surface area contributed by atoms with Crippen molar-refractivity contribution in [2.24, 2.45) is 0 Å². The predicted octanol–water partition coefficient (Wildman–Crippen LogP) is 2.31. The molecule has 4 rings (SSSR count). The molecule has 7 nitrogen and oxygen atoms in total. The molecule has 0 aliphatic carbocycles. The molecule has 0 bridgehead atoms. The van der Waals surface area contributed by atoms with Crippen LogP contribution in [0.4, 0.5) is 0 Å². The Morgan fingerprint density at radius 2 is 1.96 bits per heavy atom. The second-order valence-electron chi connectivity index (χ2n) is 6.51. The van der Waals surface area contributed by atoms with E-state index < -0.39 is 0 Å². The number of aromatic nitrogens is 5. The molecule has 0 saturated carbocycles. The lowest BCUT2D eigenvalue weighted by molar-refractivity contribution is -0.136. The van der Waals surface area contributed by atoms with Crippen molar-refractivity contribution in [1.29, 1.82) is 0 Å². The Morgan fingerprint density at radius 1 is 1.15 bits per heavy atom. The fraction of sp³-hybridized carbons (Fsp3) is 0.368. The lowest BCUT2D eigenvalue weighted by Gasteiger charge is -2.32. The standard InChI is InChI=1S/C19H22N6O/c1-3-24-16(9-11-20-24)18-22-21-17-13-23(19(26)14(2)25(17)18)12-10-15-7-5-4-6-8-15/h4-9,11,14H,3,10,12-13H2,1-2H3/t14-/m1/s1. The van der Waals surface area contributed by atoms with Crippen molar-refractivity contribution in [2.75, 3.05) is 6.54 Å². The Bertz CT molecular complexity index is 913. The zero-order valence-corrected chi connectivity index (χ0v) is 15.0. The lowest BCUT2D eigenvalue weighted by Crippen LogP contribution is -2.42. The maximum absolute atomic E-state index is 12.9. The maximum Gasteiger partial charge on any atom is 0.245 e. The van der Waals surface area contributed by atoms with Crippen LogP contribution in [0.1, 0.15) is 31.3 Å². The number of aryl methyl sites for hydroxylation is 1. The Hall–Kier alpha value is -2.96. The molecule has 1 atom stereocenters. The quantitative estimate of drug-likeness (QED) is 0.708. The van der Waals surface area contributed by atoms with Crippen LogP contribution in [0.5, 0.6) is 0 Å². The van der Waals surface area contributed by atoms with Crippen molar-refractivity contribution < 1.29 is 4.79 Å². The van der Waals surface area contributed by atoms with E-state index in [2.05, 4.69) is 27.4 Å². The zero-order valence-electron chi connectivity index (χ0n) is 15.0. The molecule has 1 aliphatic heterocycles. The summed E-state index contributed by atoms with van der Waals surface area (Å²) in [6.45, 7) is 5.87. The fourth-order valence-electron chi connectivity index (χ4n) is 3.51. The molecule has 7 heteroatoms. The Labute approximate surface area is 152 Å². The number of carbonyl (C=O) groups excluding carboxylic acids is 1. The Balaban J connectivity index is 1.59. The summed E-state index contributed by atoms with van der Waals surface area (Å²) < 4.78 is 3.82. The monoisotopic (exact) mass is 350 g/mol. The number of nitrogens with zero attached hydrogens (tertiary/aromatic N) is 6. The topological polar surface area (TPSA) is 68.8 Å². The van der Waals surface area contributed by atoms with Gasteiger partial charge in [0.2, 0.25) is 5.91 Å². The van der Waals surface area contributed by atoms with Gasteiger partial charge in [0.15, 0.2) is 11.6 Å². The molecule has 0 spiro atoms. The highest BCUT2D eigenvalue weighted by Gasteiger charge is 2.33. The summed E-state index contributed by atoms with van der Waals surface area (Å²) in [6, 6.07) is 11.8. The van der Waals surface area contributed by atoms with Gasteiger partial charge in [0.25, 0.3) is 0 Å². The van der Waals surface area contributed by atoms with Gasteiger partial charge in [-0.2, -0.15) is 5.10 Å². The number of hydrogen-bond acceptors (Lipinski definition) is 4. The molecule has 3 heterocycles. The minimum atomic E-state index is -0.320. The van der Waals surface area contributed by atoms with E-state index in [1.165, 1.54) is 5.56 Å². The Kier molecular flexibility index (Phi) is 4.28. The van der Waals surface area contributed by atoms with Crippen LogP contribution in [0.15, 0.2) is 42.6 Å². The van der Waals surface area contributed by atoms with Gasteiger partial charge in [-0.25, -0.2) is 0 Å². The van der Waals surface area contributed by atoms with Crippen LogP contribution in [-0.4, -0.2) is 41.9 Å². The maximum atomic E-state index is 12.9. The third kappa shape index (κ3) is 2.79. The average Bonchev–Trinajstić information content (AvgIpc) is 3.30. The van der Waals surface area contributed by atoms with E-state index in [0.29, 0.717) is 18.9 Å². The van der Waals surface area contributed by atoms with Gasteiger partial charge in [-0.3, -0.25) is 14.0 Å². The molecule has 1 amide bonds. The van der Waals surface area contributed by atoms with Crippen LogP contribution in [0.3, 0.4) is 0 Å². The number of amides is 1. The summed E-state index contributed by atoms with van der Waals surface area (Å²) in [6.07, 6.45) is 2.59.